The molecule has 8 nitrogen and oxygen atoms in total. The van der Waals surface area contributed by atoms with Gasteiger partial charge >= 0.3 is 0 Å². The molecule has 4 rings (SSSR count). The number of benzene rings is 4. The highest BCUT2D eigenvalue weighted by atomic mass is 35.5. The third-order valence-corrected chi connectivity index (χ3v) is 9.47. The molecule has 0 radical (unpaired) electrons. The summed E-state index contributed by atoms with van der Waals surface area (Å²) in [7, 11) is -4.39. The Kier molecular flexibility index (Phi) is 12.0. The average molecular weight is 687 g/mol. The number of rotatable bonds is 14. The summed E-state index contributed by atoms with van der Waals surface area (Å²) >= 11 is 12.6. The third-order valence-electron chi connectivity index (χ3n) is 7.09. The lowest BCUT2D eigenvalue weighted by Gasteiger charge is -2.34. The number of amides is 2. The number of carbonyl (C=O) groups is 2. The van der Waals surface area contributed by atoms with Crippen molar-refractivity contribution in [3.05, 3.63) is 124 Å². The summed E-state index contributed by atoms with van der Waals surface area (Å²) in [5.41, 5.74) is 1.47. The molecular formula is C34H34Cl2FN3O5S. The number of sulfonamides is 1. The Morgan fingerprint density at radius 3 is 2.20 bits per heavy atom. The summed E-state index contributed by atoms with van der Waals surface area (Å²) in [6, 6.07) is 23.5. The molecule has 12 heteroatoms. The molecule has 1 N–H and O–H groups in total. The van der Waals surface area contributed by atoms with Crippen LogP contribution in [-0.4, -0.2) is 50.9 Å². The second-order valence-electron chi connectivity index (χ2n) is 10.2. The first-order valence-electron chi connectivity index (χ1n) is 14.6. The van der Waals surface area contributed by atoms with Crippen molar-refractivity contribution in [2.24, 2.45) is 0 Å². The molecule has 0 heterocycles. The molecule has 0 unspecified atom stereocenters. The Hall–Kier alpha value is -4.12. The van der Waals surface area contributed by atoms with Gasteiger partial charge in [0.05, 0.1) is 17.2 Å². The fraction of sp³-hybridized carbons (Fsp3) is 0.235. The van der Waals surface area contributed by atoms with E-state index < -0.39 is 40.2 Å². The molecule has 46 heavy (non-hydrogen) atoms. The number of ether oxygens (including phenoxy) is 1. The van der Waals surface area contributed by atoms with Crippen molar-refractivity contribution >= 4 is 50.7 Å². The zero-order valence-corrected chi connectivity index (χ0v) is 27.7. The van der Waals surface area contributed by atoms with E-state index >= 15 is 0 Å². The van der Waals surface area contributed by atoms with Crippen LogP contribution in [0.5, 0.6) is 5.75 Å². The predicted molar refractivity (Wildman–Crippen MR) is 178 cm³/mol. The molecule has 0 aliphatic carbocycles. The van der Waals surface area contributed by atoms with Crippen LogP contribution in [0, 0.1) is 5.82 Å². The van der Waals surface area contributed by atoms with Gasteiger partial charge in [-0.15, -0.1) is 0 Å². The summed E-state index contributed by atoms with van der Waals surface area (Å²) < 4.78 is 48.3. The summed E-state index contributed by atoms with van der Waals surface area (Å²) in [5, 5.41) is 3.48. The Balaban J connectivity index is 1.81. The number of halogens is 3. The summed E-state index contributed by atoms with van der Waals surface area (Å²) in [6.45, 7) is 3.51. The van der Waals surface area contributed by atoms with Crippen LogP contribution in [0.25, 0.3) is 0 Å². The Morgan fingerprint density at radius 2 is 1.59 bits per heavy atom. The molecule has 2 amide bonds. The normalized spacial score (nSPS) is 11.8. The van der Waals surface area contributed by atoms with Gasteiger partial charge < -0.3 is 15.0 Å². The molecule has 1 atom stereocenters. The van der Waals surface area contributed by atoms with Crippen LogP contribution in [0.3, 0.4) is 0 Å². The van der Waals surface area contributed by atoms with E-state index in [1.807, 2.05) is 37.3 Å². The second-order valence-corrected chi connectivity index (χ2v) is 13.0. The van der Waals surface area contributed by atoms with E-state index in [1.165, 1.54) is 23.1 Å². The minimum absolute atomic E-state index is 0.114. The zero-order valence-electron chi connectivity index (χ0n) is 25.3. The number of hydrogen-bond donors (Lipinski definition) is 1. The number of anilines is 1. The van der Waals surface area contributed by atoms with Crippen molar-refractivity contribution in [1.82, 2.24) is 10.2 Å². The standard InChI is InChI=1S/C34H34Cl2FN3O5S/c1-3-38-34(42)32(20-24-8-6-5-7-9-24)39(22-25-10-11-26(35)21-31(25)36)33(41)23-40(28-14-16-29(17-15-28)45-4-2)46(43,44)30-18-12-27(37)13-19-30/h5-19,21,32H,3-4,20,22-23H2,1-2H3,(H,38,42)/t32-/m0/s1. The van der Waals surface area contributed by atoms with Gasteiger partial charge in [-0.2, -0.15) is 0 Å². The van der Waals surface area contributed by atoms with Crippen LogP contribution in [0.2, 0.25) is 10.0 Å². The fourth-order valence-electron chi connectivity index (χ4n) is 4.82. The highest BCUT2D eigenvalue weighted by Crippen LogP contribution is 2.28. The van der Waals surface area contributed by atoms with Gasteiger partial charge in [0.2, 0.25) is 11.8 Å². The van der Waals surface area contributed by atoms with Gasteiger partial charge in [0.15, 0.2) is 0 Å². The largest absolute Gasteiger partial charge is 0.494 e. The predicted octanol–water partition coefficient (Wildman–Crippen LogP) is 6.50. The van der Waals surface area contributed by atoms with E-state index in [0.717, 1.165) is 34.1 Å². The first kappa shape index (κ1) is 34.7. The molecular weight excluding hydrogens is 652 g/mol. The van der Waals surface area contributed by atoms with Crippen molar-refractivity contribution in [2.45, 2.75) is 37.8 Å². The number of carbonyl (C=O) groups excluding carboxylic acids is 2. The lowest BCUT2D eigenvalue weighted by molar-refractivity contribution is -0.140. The van der Waals surface area contributed by atoms with E-state index in [-0.39, 0.29) is 28.6 Å². The van der Waals surface area contributed by atoms with Crippen LogP contribution in [0.1, 0.15) is 25.0 Å². The summed E-state index contributed by atoms with van der Waals surface area (Å²) in [5.74, 6) is -1.19. The molecule has 4 aromatic rings. The molecule has 0 aliphatic rings. The Bertz CT molecular complexity index is 1740. The van der Waals surface area contributed by atoms with Crippen molar-refractivity contribution in [3.8, 4) is 5.75 Å². The Labute approximate surface area is 278 Å². The molecule has 0 saturated heterocycles. The SMILES string of the molecule is CCNC(=O)[C@H](Cc1ccccc1)N(Cc1ccc(Cl)cc1Cl)C(=O)CN(c1ccc(OCC)cc1)S(=O)(=O)c1ccc(F)cc1. The molecule has 0 saturated carbocycles. The van der Waals surface area contributed by atoms with E-state index in [1.54, 1.807) is 31.2 Å². The smallest absolute Gasteiger partial charge is 0.264 e. The molecule has 0 bridgehead atoms. The van der Waals surface area contributed by atoms with E-state index in [4.69, 9.17) is 27.9 Å². The maximum absolute atomic E-state index is 14.4. The second kappa shape index (κ2) is 15.9. The highest BCUT2D eigenvalue weighted by Gasteiger charge is 2.35. The van der Waals surface area contributed by atoms with Crippen LogP contribution in [0.4, 0.5) is 10.1 Å². The van der Waals surface area contributed by atoms with Crippen molar-refractivity contribution < 1.29 is 27.1 Å². The van der Waals surface area contributed by atoms with Crippen molar-refractivity contribution in [1.29, 1.82) is 0 Å². The van der Waals surface area contributed by atoms with E-state index in [0.29, 0.717) is 29.5 Å². The molecule has 4 aromatic carbocycles. The topological polar surface area (TPSA) is 96.0 Å². The quantitative estimate of drug-likeness (QED) is 0.163. The summed E-state index contributed by atoms with van der Waals surface area (Å²) in [6.07, 6.45) is 0.150. The number of nitrogens with one attached hydrogen (secondary N) is 1. The molecule has 0 aliphatic heterocycles. The number of likely N-dealkylation sites (N-methyl/N-ethyl adjacent to an activating group) is 1. The van der Waals surface area contributed by atoms with Gasteiger partial charge in [0, 0.05) is 29.6 Å². The molecule has 0 spiro atoms. The lowest BCUT2D eigenvalue weighted by Crippen LogP contribution is -2.53. The fourth-order valence-corrected chi connectivity index (χ4v) is 6.70. The molecule has 0 fully saturated rings. The van der Waals surface area contributed by atoms with Crippen LogP contribution >= 0.6 is 23.2 Å². The number of hydrogen-bond acceptors (Lipinski definition) is 5. The lowest BCUT2D eigenvalue weighted by atomic mass is 10.0. The number of nitrogens with zero attached hydrogens (tertiary/aromatic N) is 2. The monoisotopic (exact) mass is 685 g/mol. The highest BCUT2D eigenvalue weighted by molar-refractivity contribution is 7.92. The first-order valence-corrected chi connectivity index (χ1v) is 16.8. The van der Waals surface area contributed by atoms with Crippen molar-refractivity contribution in [3.63, 3.8) is 0 Å². The third kappa shape index (κ3) is 8.78. The van der Waals surface area contributed by atoms with Gasteiger partial charge in [0.1, 0.15) is 24.2 Å². The van der Waals surface area contributed by atoms with E-state index in [2.05, 4.69) is 5.32 Å². The van der Waals surface area contributed by atoms with Crippen molar-refractivity contribution in [2.75, 3.05) is 24.0 Å². The van der Waals surface area contributed by atoms with E-state index in [9.17, 15) is 22.4 Å². The van der Waals surface area contributed by atoms with Gasteiger partial charge in [-0.1, -0.05) is 59.6 Å². The van der Waals surface area contributed by atoms with Crippen LogP contribution in [0.15, 0.2) is 102 Å². The maximum atomic E-state index is 14.4. The molecule has 0 aromatic heterocycles. The maximum Gasteiger partial charge on any atom is 0.264 e. The van der Waals surface area contributed by atoms with Crippen LogP contribution < -0.4 is 14.4 Å². The minimum Gasteiger partial charge on any atom is -0.494 e. The summed E-state index contributed by atoms with van der Waals surface area (Å²) in [4.78, 5) is 29.1. The van der Waals surface area contributed by atoms with Gasteiger partial charge in [-0.25, -0.2) is 12.8 Å². The van der Waals surface area contributed by atoms with Gasteiger partial charge in [-0.05, 0) is 85.6 Å². The first-order chi connectivity index (χ1) is 22.0. The molecule has 242 valence electrons. The Morgan fingerprint density at radius 1 is 0.913 bits per heavy atom. The minimum atomic E-state index is -4.39. The van der Waals surface area contributed by atoms with Gasteiger partial charge in [0.25, 0.3) is 10.0 Å². The average Bonchev–Trinajstić information content (AvgIpc) is 3.03. The zero-order chi connectivity index (χ0) is 33.3. The van der Waals surface area contributed by atoms with Gasteiger partial charge in [-0.3, -0.25) is 13.9 Å². The van der Waals surface area contributed by atoms with Crippen LogP contribution in [-0.2, 0) is 32.6 Å².